The van der Waals surface area contributed by atoms with Crippen molar-refractivity contribution < 1.29 is 27.5 Å². The Balaban J connectivity index is 2.38. The fraction of sp³-hybridized carbons (Fsp3) is 0.533. The summed E-state index contributed by atoms with van der Waals surface area (Å²) in [4.78, 5) is 29.1. The van der Waals surface area contributed by atoms with Crippen LogP contribution in [0.5, 0.6) is 0 Å². The number of nitrogens with zero attached hydrogens (tertiary/aromatic N) is 2. The maximum absolute atomic E-state index is 12.3. The van der Waals surface area contributed by atoms with E-state index >= 15 is 0 Å². The summed E-state index contributed by atoms with van der Waals surface area (Å²) in [6, 6.07) is 2.73. The zero-order valence-electron chi connectivity index (χ0n) is 14.3. The van der Waals surface area contributed by atoms with Crippen LogP contribution in [-0.2, 0) is 29.9 Å². The molecular formula is C15H19ClN2O6S. The highest BCUT2D eigenvalue weighted by Gasteiger charge is 2.34. The Hall–Kier alpha value is -1.87. The average Bonchev–Trinajstić information content (AvgIpc) is 2.43. The first-order valence-electron chi connectivity index (χ1n) is 7.46. The lowest BCUT2D eigenvalue weighted by Gasteiger charge is -2.34. The van der Waals surface area contributed by atoms with Gasteiger partial charge < -0.3 is 9.47 Å². The quantitative estimate of drug-likeness (QED) is 0.564. The molecule has 0 aliphatic carbocycles. The molecule has 1 aromatic heterocycles. The molecule has 2 heterocycles. The summed E-state index contributed by atoms with van der Waals surface area (Å²) < 4.78 is 33.5. The van der Waals surface area contributed by atoms with Crippen LogP contribution >= 0.6 is 10.7 Å². The number of pyridine rings is 1. The first-order chi connectivity index (χ1) is 11.4. The molecular weight excluding hydrogens is 372 g/mol. The molecule has 2 rings (SSSR count). The summed E-state index contributed by atoms with van der Waals surface area (Å²) in [5, 5.41) is -0.337. The van der Waals surface area contributed by atoms with Crippen molar-refractivity contribution >= 4 is 31.8 Å². The number of aromatic nitrogens is 1. The molecule has 1 aliphatic rings. The molecule has 0 radical (unpaired) electrons. The third kappa shape index (κ3) is 5.05. The van der Waals surface area contributed by atoms with Crippen LogP contribution in [0.1, 0.15) is 45.1 Å². The molecule has 0 N–H and O–H groups in total. The maximum Gasteiger partial charge on any atom is 0.410 e. The van der Waals surface area contributed by atoms with Gasteiger partial charge in [-0.15, -0.1) is 0 Å². The maximum atomic E-state index is 12.3. The zero-order chi connectivity index (χ0) is 19.0. The lowest BCUT2D eigenvalue weighted by atomic mass is 10.0. The van der Waals surface area contributed by atoms with Gasteiger partial charge in [-0.25, -0.2) is 18.2 Å². The van der Waals surface area contributed by atoms with E-state index in [4.69, 9.17) is 20.2 Å². The molecule has 1 aliphatic heterocycles. The zero-order valence-corrected chi connectivity index (χ0v) is 15.8. The van der Waals surface area contributed by atoms with Crippen molar-refractivity contribution in [3.63, 3.8) is 0 Å². The summed E-state index contributed by atoms with van der Waals surface area (Å²) in [5.41, 5.74) is 0.132. The van der Waals surface area contributed by atoms with Gasteiger partial charge in [-0.1, -0.05) is 6.07 Å². The van der Waals surface area contributed by atoms with Crippen molar-refractivity contribution in [2.45, 2.75) is 51.0 Å². The Morgan fingerprint density at radius 3 is 2.48 bits per heavy atom. The standard InChI is InChI=1S/C15H19ClN2O6S/c1-9(19)23-11-8-18(14(20)24-15(2,3)4)7-10-5-6-12(17-13(10)11)25(16,21)22/h5-6,11H,7-8H2,1-4H3. The lowest BCUT2D eigenvalue weighted by Crippen LogP contribution is -2.42. The topological polar surface area (TPSA) is 103 Å². The minimum atomic E-state index is -4.03. The first kappa shape index (κ1) is 19.5. The minimum Gasteiger partial charge on any atom is -0.454 e. The average molecular weight is 391 g/mol. The fourth-order valence-corrected chi connectivity index (χ4v) is 3.04. The van der Waals surface area contributed by atoms with Gasteiger partial charge >= 0.3 is 12.1 Å². The van der Waals surface area contributed by atoms with Gasteiger partial charge in [-0.05, 0) is 32.4 Å². The molecule has 0 saturated carbocycles. The Morgan fingerprint density at radius 2 is 1.96 bits per heavy atom. The predicted molar refractivity (Wildman–Crippen MR) is 88.4 cm³/mol. The number of halogens is 1. The monoisotopic (exact) mass is 390 g/mol. The van der Waals surface area contributed by atoms with E-state index in [-0.39, 0.29) is 23.8 Å². The lowest BCUT2D eigenvalue weighted by molar-refractivity contribution is -0.148. The van der Waals surface area contributed by atoms with Crippen LogP contribution in [0.2, 0.25) is 0 Å². The van der Waals surface area contributed by atoms with Gasteiger partial charge in [-0.2, -0.15) is 0 Å². The fourth-order valence-electron chi connectivity index (χ4n) is 2.35. The van der Waals surface area contributed by atoms with E-state index in [0.29, 0.717) is 5.56 Å². The van der Waals surface area contributed by atoms with Crippen LogP contribution < -0.4 is 0 Å². The van der Waals surface area contributed by atoms with Crippen LogP contribution in [0, 0.1) is 0 Å². The van der Waals surface area contributed by atoms with Crippen molar-refractivity contribution in [3.05, 3.63) is 23.4 Å². The van der Waals surface area contributed by atoms with E-state index in [2.05, 4.69) is 4.98 Å². The van der Waals surface area contributed by atoms with E-state index in [9.17, 15) is 18.0 Å². The molecule has 10 heteroatoms. The van der Waals surface area contributed by atoms with Gasteiger partial charge in [0.15, 0.2) is 11.1 Å². The number of amides is 1. The highest BCUT2D eigenvalue weighted by atomic mass is 35.7. The Labute approximate surface area is 150 Å². The van der Waals surface area contributed by atoms with Gasteiger partial charge in [0.05, 0.1) is 18.8 Å². The molecule has 0 bridgehead atoms. The van der Waals surface area contributed by atoms with Crippen LogP contribution in [-0.4, -0.2) is 42.5 Å². The molecule has 0 fully saturated rings. The highest BCUT2D eigenvalue weighted by Crippen LogP contribution is 2.30. The molecule has 138 valence electrons. The second-order valence-corrected chi connectivity index (χ2v) is 9.10. The first-order valence-corrected chi connectivity index (χ1v) is 9.77. The molecule has 0 saturated heterocycles. The van der Waals surface area contributed by atoms with Gasteiger partial charge in [0, 0.05) is 17.6 Å². The third-order valence-electron chi connectivity index (χ3n) is 3.25. The number of rotatable bonds is 2. The van der Waals surface area contributed by atoms with Crippen molar-refractivity contribution in [2.24, 2.45) is 0 Å². The van der Waals surface area contributed by atoms with Crippen molar-refractivity contribution in [2.75, 3.05) is 6.54 Å². The summed E-state index contributed by atoms with van der Waals surface area (Å²) in [6.45, 7) is 6.59. The van der Waals surface area contributed by atoms with Crippen LogP contribution in [0.3, 0.4) is 0 Å². The number of ether oxygens (including phenoxy) is 2. The van der Waals surface area contributed by atoms with Gasteiger partial charge in [0.2, 0.25) is 0 Å². The van der Waals surface area contributed by atoms with Gasteiger partial charge in [-0.3, -0.25) is 9.69 Å². The molecule has 1 amide bonds. The van der Waals surface area contributed by atoms with Gasteiger partial charge in [0.25, 0.3) is 9.05 Å². The Bertz CT molecular complexity index is 803. The van der Waals surface area contributed by atoms with E-state index in [1.165, 1.54) is 24.0 Å². The van der Waals surface area contributed by atoms with Crippen molar-refractivity contribution in [3.8, 4) is 0 Å². The molecule has 25 heavy (non-hydrogen) atoms. The molecule has 0 aromatic carbocycles. The molecule has 1 atom stereocenters. The van der Waals surface area contributed by atoms with Crippen LogP contribution in [0.4, 0.5) is 4.79 Å². The second-order valence-electron chi connectivity index (χ2n) is 6.59. The van der Waals surface area contributed by atoms with Crippen molar-refractivity contribution in [1.82, 2.24) is 9.88 Å². The number of hydrogen-bond donors (Lipinski definition) is 0. The number of fused-ring (bicyclic) bond motifs is 1. The summed E-state index contributed by atoms with van der Waals surface area (Å²) in [6.07, 6.45) is -1.48. The minimum absolute atomic E-state index is 0.000278. The summed E-state index contributed by atoms with van der Waals surface area (Å²) in [7, 11) is 1.30. The number of hydrogen-bond acceptors (Lipinski definition) is 7. The highest BCUT2D eigenvalue weighted by molar-refractivity contribution is 8.13. The van der Waals surface area contributed by atoms with Gasteiger partial charge in [0.1, 0.15) is 5.60 Å². The van der Waals surface area contributed by atoms with Crippen LogP contribution in [0.25, 0.3) is 0 Å². The third-order valence-corrected chi connectivity index (χ3v) is 4.45. The Kier molecular flexibility index (Phi) is 5.29. The predicted octanol–water partition coefficient (Wildman–Crippen LogP) is 2.36. The van der Waals surface area contributed by atoms with E-state index < -0.39 is 32.8 Å². The number of carbonyl (C=O) groups is 2. The largest absolute Gasteiger partial charge is 0.454 e. The summed E-state index contributed by atoms with van der Waals surface area (Å²) in [5.74, 6) is -0.581. The van der Waals surface area contributed by atoms with E-state index in [0.717, 1.165) is 0 Å². The number of esters is 1. The molecule has 1 aromatic rings. The van der Waals surface area contributed by atoms with E-state index in [1.54, 1.807) is 20.8 Å². The summed E-state index contributed by atoms with van der Waals surface area (Å²) >= 11 is 0. The number of carbonyl (C=O) groups excluding carboxylic acids is 2. The smallest absolute Gasteiger partial charge is 0.410 e. The molecule has 8 nitrogen and oxygen atoms in total. The normalized spacial score (nSPS) is 17.6. The molecule has 0 spiro atoms. The SMILES string of the molecule is CC(=O)OC1CN(C(=O)OC(C)(C)C)Cc2ccc(S(=O)(=O)Cl)nc21. The molecule has 1 unspecified atom stereocenters. The van der Waals surface area contributed by atoms with E-state index in [1.807, 2.05) is 0 Å². The van der Waals surface area contributed by atoms with Crippen LogP contribution in [0.15, 0.2) is 17.2 Å². The Morgan fingerprint density at radius 1 is 1.32 bits per heavy atom. The second kappa shape index (κ2) is 6.80. The van der Waals surface area contributed by atoms with Crippen molar-refractivity contribution in [1.29, 1.82) is 0 Å².